The summed E-state index contributed by atoms with van der Waals surface area (Å²) in [6.45, 7) is 9.89. The molecule has 2 aromatic rings. The van der Waals surface area contributed by atoms with E-state index in [1.807, 2.05) is 4.57 Å². The van der Waals surface area contributed by atoms with Crippen LogP contribution in [0.15, 0.2) is 12.1 Å². The van der Waals surface area contributed by atoms with Crippen molar-refractivity contribution in [3.05, 3.63) is 28.8 Å². The zero-order chi connectivity index (χ0) is 15.6. The first-order valence-electron chi connectivity index (χ1n) is 7.10. The molecule has 0 amide bonds. The average Bonchev–Trinajstić information content (AvgIpc) is 2.69. The Bertz CT molecular complexity index is 705. The molecule has 0 bridgehead atoms. The van der Waals surface area contributed by atoms with Crippen molar-refractivity contribution < 1.29 is 4.39 Å². The lowest BCUT2D eigenvalue weighted by Crippen LogP contribution is -2.07. The highest BCUT2D eigenvalue weighted by molar-refractivity contribution is 6.31. The molecule has 0 aliphatic heterocycles. The number of hydrogen-bond donors (Lipinski definition) is 0. The third kappa shape index (κ3) is 2.08. The van der Waals surface area contributed by atoms with Crippen molar-refractivity contribution in [1.29, 1.82) is 0 Å². The Kier molecular flexibility index (Phi) is 3.31. The molecule has 5 heteroatoms. The number of fused-ring (bicyclic) bond motifs is 1. The second kappa shape index (κ2) is 4.60. The van der Waals surface area contributed by atoms with Crippen LogP contribution in [0.4, 0.5) is 4.39 Å². The van der Waals surface area contributed by atoms with Crippen molar-refractivity contribution >= 4 is 34.2 Å². The number of benzene rings is 1. The molecule has 0 spiro atoms. The van der Waals surface area contributed by atoms with Gasteiger partial charge in [-0.1, -0.05) is 39.3 Å². The van der Waals surface area contributed by atoms with Crippen LogP contribution in [0.3, 0.4) is 0 Å². The molecule has 2 nitrogen and oxygen atoms in total. The minimum absolute atomic E-state index is 0.0976. The molecule has 1 aliphatic carbocycles. The maximum atomic E-state index is 13.8. The van der Waals surface area contributed by atoms with Gasteiger partial charge in [-0.25, -0.2) is 9.37 Å². The molecule has 114 valence electrons. The Labute approximate surface area is 134 Å². The lowest BCUT2D eigenvalue weighted by Gasteiger charge is -2.09. The van der Waals surface area contributed by atoms with Crippen molar-refractivity contribution in [3.8, 4) is 0 Å². The third-order valence-corrected chi connectivity index (χ3v) is 6.20. The largest absolute Gasteiger partial charge is 0.327 e. The van der Waals surface area contributed by atoms with Gasteiger partial charge >= 0.3 is 0 Å². The van der Waals surface area contributed by atoms with Crippen LogP contribution in [-0.4, -0.2) is 9.55 Å². The average molecular weight is 329 g/mol. The molecule has 1 aromatic carbocycles. The van der Waals surface area contributed by atoms with Crippen LogP contribution in [0.1, 0.15) is 33.5 Å². The summed E-state index contributed by atoms with van der Waals surface area (Å²) in [5, 5.41) is 0.0976. The summed E-state index contributed by atoms with van der Waals surface area (Å²) in [7, 11) is 0. The normalized spacial score (nSPS) is 20.1. The molecular weight excluding hydrogens is 310 g/mol. The molecule has 0 unspecified atom stereocenters. The van der Waals surface area contributed by atoms with E-state index in [1.54, 1.807) is 6.07 Å². The molecule has 0 radical (unpaired) electrons. The van der Waals surface area contributed by atoms with Gasteiger partial charge in [-0.05, 0) is 22.8 Å². The van der Waals surface area contributed by atoms with Crippen LogP contribution in [0.2, 0.25) is 5.02 Å². The van der Waals surface area contributed by atoms with Crippen LogP contribution < -0.4 is 0 Å². The van der Waals surface area contributed by atoms with Gasteiger partial charge in [-0.2, -0.15) is 0 Å². The van der Waals surface area contributed by atoms with Crippen molar-refractivity contribution in [2.24, 2.45) is 16.7 Å². The highest BCUT2D eigenvalue weighted by atomic mass is 35.5. The summed E-state index contributed by atoms with van der Waals surface area (Å²) < 4.78 is 15.8. The maximum absolute atomic E-state index is 13.8. The van der Waals surface area contributed by atoms with Gasteiger partial charge in [0.25, 0.3) is 0 Å². The number of aromatic nitrogens is 2. The number of hydrogen-bond acceptors (Lipinski definition) is 1. The standard InChI is InChI=1S/C16H19Cl2FN2/c1-15(2)13(16(15,3)4)8-21-12-6-10(19)9(18)5-11(12)20-14(21)7-17/h5-6,13H,7-8H2,1-4H3. The van der Waals surface area contributed by atoms with E-state index in [2.05, 4.69) is 32.7 Å². The Morgan fingerprint density at radius 1 is 1.24 bits per heavy atom. The third-order valence-electron chi connectivity index (χ3n) is 5.67. The Hall–Kier alpha value is -0.800. The van der Waals surface area contributed by atoms with E-state index in [0.29, 0.717) is 17.3 Å². The predicted octanol–water partition coefficient (Wildman–Crippen LogP) is 5.25. The number of imidazole rings is 1. The first-order chi connectivity index (χ1) is 9.70. The predicted molar refractivity (Wildman–Crippen MR) is 85.3 cm³/mol. The summed E-state index contributed by atoms with van der Waals surface area (Å²) >= 11 is 11.9. The Morgan fingerprint density at radius 2 is 1.86 bits per heavy atom. The van der Waals surface area contributed by atoms with E-state index in [-0.39, 0.29) is 15.9 Å². The fourth-order valence-corrected chi connectivity index (χ4v) is 3.81. The van der Waals surface area contributed by atoms with Crippen molar-refractivity contribution in [2.75, 3.05) is 0 Å². The molecule has 1 saturated carbocycles. The van der Waals surface area contributed by atoms with E-state index in [4.69, 9.17) is 23.2 Å². The van der Waals surface area contributed by atoms with Gasteiger partial charge in [0.05, 0.1) is 21.9 Å². The van der Waals surface area contributed by atoms with E-state index in [0.717, 1.165) is 17.9 Å². The number of halogens is 3. The lowest BCUT2D eigenvalue weighted by atomic mass is 10.0. The second-order valence-corrected chi connectivity index (χ2v) is 7.70. The Balaban J connectivity index is 2.08. The summed E-state index contributed by atoms with van der Waals surface area (Å²) in [6, 6.07) is 3.03. The maximum Gasteiger partial charge on any atom is 0.144 e. The zero-order valence-electron chi connectivity index (χ0n) is 12.7. The lowest BCUT2D eigenvalue weighted by molar-refractivity contribution is 0.457. The molecule has 1 aliphatic rings. The highest BCUT2D eigenvalue weighted by Gasteiger charge is 2.64. The minimum Gasteiger partial charge on any atom is -0.327 e. The van der Waals surface area contributed by atoms with Gasteiger partial charge in [0.2, 0.25) is 0 Å². The van der Waals surface area contributed by atoms with E-state index in [1.165, 1.54) is 6.07 Å². The van der Waals surface area contributed by atoms with E-state index < -0.39 is 5.82 Å². The van der Waals surface area contributed by atoms with Gasteiger partial charge in [-0.3, -0.25) is 0 Å². The van der Waals surface area contributed by atoms with Gasteiger partial charge in [0, 0.05) is 12.6 Å². The van der Waals surface area contributed by atoms with Crippen LogP contribution in [0.5, 0.6) is 0 Å². The van der Waals surface area contributed by atoms with Crippen LogP contribution in [0.25, 0.3) is 11.0 Å². The first-order valence-corrected chi connectivity index (χ1v) is 8.01. The molecule has 1 fully saturated rings. The van der Waals surface area contributed by atoms with Crippen LogP contribution in [-0.2, 0) is 12.4 Å². The van der Waals surface area contributed by atoms with E-state index in [9.17, 15) is 4.39 Å². The number of alkyl halides is 1. The van der Waals surface area contributed by atoms with Crippen molar-refractivity contribution in [3.63, 3.8) is 0 Å². The summed E-state index contributed by atoms with van der Waals surface area (Å²) in [4.78, 5) is 4.49. The summed E-state index contributed by atoms with van der Waals surface area (Å²) in [5.74, 6) is 1.18. The smallest absolute Gasteiger partial charge is 0.144 e. The van der Waals surface area contributed by atoms with Crippen molar-refractivity contribution in [2.45, 2.75) is 40.1 Å². The molecule has 3 rings (SSSR count). The first kappa shape index (κ1) is 15.1. The van der Waals surface area contributed by atoms with Gasteiger partial charge in [0.15, 0.2) is 0 Å². The fraction of sp³-hybridized carbons (Fsp3) is 0.562. The number of nitrogens with zero attached hydrogens (tertiary/aromatic N) is 2. The molecule has 21 heavy (non-hydrogen) atoms. The molecule has 1 aromatic heterocycles. The van der Waals surface area contributed by atoms with Gasteiger partial charge < -0.3 is 4.57 Å². The number of rotatable bonds is 3. The highest BCUT2D eigenvalue weighted by Crippen LogP contribution is 2.69. The molecule has 0 atom stereocenters. The van der Waals surface area contributed by atoms with Crippen LogP contribution in [0, 0.1) is 22.6 Å². The summed E-state index contributed by atoms with van der Waals surface area (Å²) in [6.07, 6.45) is 0. The monoisotopic (exact) mass is 328 g/mol. The van der Waals surface area contributed by atoms with Gasteiger partial charge in [0.1, 0.15) is 11.6 Å². The van der Waals surface area contributed by atoms with Crippen LogP contribution >= 0.6 is 23.2 Å². The zero-order valence-corrected chi connectivity index (χ0v) is 14.2. The SMILES string of the molecule is CC1(C)C(Cn2c(CCl)nc3cc(Cl)c(F)cc32)C1(C)C. The molecule has 0 saturated heterocycles. The van der Waals surface area contributed by atoms with Gasteiger partial charge in [-0.15, -0.1) is 11.6 Å². The quantitative estimate of drug-likeness (QED) is 0.703. The Morgan fingerprint density at radius 3 is 2.38 bits per heavy atom. The minimum atomic E-state index is -0.416. The molecule has 1 heterocycles. The topological polar surface area (TPSA) is 17.8 Å². The fourth-order valence-electron chi connectivity index (χ4n) is 3.45. The molecular formula is C16H19Cl2FN2. The van der Waals surface area contributed by atoms with Crippen molar-refractivity contribution in [1.82, 2.24) is 9.55 Å². The molecule has 0 N–H and O–H groups in total. The van der Waals surface area contributed by atoms with E-state index >= 15 is 0 Å². The summed E-state index contributed by atoms with van der Waals surface area (Å²) in [5.41, 5.74) is 2.00. The second-order valence-electron chi connectivity index (χ2n) is 7.02.